The van der Waals surface area contributed by atoms with E-state index in [1.807, 2.05) is 13.8 Å². The predicted molar refractivity (Wildman–Crippen MR) is 44.6 cm³/mol. The first kappa shape index (κ1) is 10.4. The van der Waals surface area contributed by atoms with E-state index in [-0.39, 0.29) is 12.0 Å². The second-order valence-electron chi connectivity index (χ2n) is 3.38. The van der Waals surface area contributed by atoms with E-state index in [2.05, 4.69) is 12.2 Å². The van der Waals surface area contributed by atoms with Crippen LogP contribution in [0.25, 0.3) is 0 Å². The molecule has 0 radical (unpaired) electrons. The van der Waals surface area contributed by atoms with E-state index >= 15 is 0 Å². The molecule has 0 aromatic carbocycles. The van der Waals surface area contributed by atoms with Crippen molar-refractivity contribution >= 4 is 5.97 Å². The molecule has 0 aromatic heterocycles. The summed E-state index contributed by atoms with van der Waals surface area (Å²) in [7, 11) is 0. The van der Waals surface area contributed by atoms with Gasteiger partial charge >= 0.3 is 5.97 Å². The average Bonchev–Trinajstić information content (AvgIpc) is 1.81. The topological polar surface area (TPSA) is 49.3 Å². The van der Waals surface area contributed by atoms with Crippen molar-refractivity contribution in [2.45, 2.75) is 39.2 Å². The molecule has 0 rings (SSSR count). The number of aliphatic carboxylic acids is 1. The summed E-state index contributed by atoms with van der Waals surface area (Å²) >= 11 is 0. The maximum Gasteiger partial charge on any atom is 0.305 e. The Balaban J connectivity index is 3.70. The first-order valence-corrected chi connectivity index (χ1v) is 3.95. The lowest BCUT2D eigenvalue weighted by atomic mass is 10.0. The lowest BCUT2D eigenvalue weighted by Crippen LogP contribution is -2.41. The first-order chi connectivity index (χ1) is 4.98. The molecule has 66 valence electrons. The molecule has 0 saturated heterocycles. The van der Waals surface area contributed by atoms with Crippen molar-refractivity contribution < 1.29 is 9.90 Å². The largest absolute Gasteiger partial charge is 0.481 e. The van der Waals surface area contributed by atoms with Crippen molar-refractivity contribution in [1.29, 1.82) is 0 Å². The molecule has 3 nitrogen and oxygen atoms in total. The minimum Gasteiger partial charge on any atom is -0.481 e. The van der Waals surface area contributed by atoms with Gasteiger partial charge in [0, 0.05) is 5.54 Å². The van der Waals surface area contributed by atoms with E-state index in [0.717, 1.165) is 13.0 Å². The third-order valence-electron chi connectivity index (χ3n) is 1.45. The maximum absolute atomic E-state index is 10.3. The number of rotatable bonds is 5. The summed E-state index contributed by atoms with van der Waals surface area (Å²) in [6.07, 6.45) is 1.20. The van der Waals surface area contributed by atoms with Crippen molar-refractivity contribution in [3.05, 3.63) is 0 Å². The first-order valence-electron chi connectivity index (χ1n) is 3.95. The van der Waals surface area contributed by atoms with Gasteiger partial charge in [0.25, 0.3) is 0 Å². The van der Waals surface area contributed by atoms with Crippen LogP contribution in [0.5, 0.6) is 0 Å². The van der Waals surface area contributed by atoms with Gasteiger partial charge in [-0.15, -0.1) is 0 Å². The van der Waals surface area contributed by atoms with Gasteiger partial charge in [-0.25, -0.2) is 0 Å². The van der Waals surface area contributed by atoms with E-state index < -0.39 is 5.97 Å². The lowest BCUT2D eigenvalue weighted by molar-refractivity contribution is -0.138. The minimum absolute atomic E-state index is 0.174. The fraction of sp³-hybridized carbons (Fsp3) is 0.875. The van der Waals surface area contributed by atoms with E-state index in [9.17, 15) is 4.79 Å². The Kier molecular flexibility index (Phi) is 4.11. The SMILES string of the molecule is CCCNC(C)(C)CC(=O)O. The number of hydrogen-bond donors (Lipinski definition) is 2. The second kappa shape index (κ2) is 4.34. The van der Waals surface area contributed by atoms with Crippen LogP contribution in [0, 0.1) is 0 Å². The standard InChI is InChI=1S/C8H17NO2/c1-4-5-9-8(2,3)6-7(10)11/h9H,4-6H2,1-3H3,(H,10,11). The molecule has 0 bridgehead atoms. The molecule has 0 aliphatic heterocycles. The monoisotopic (exact) mass is 159 g/mol. The highest BCUT2D eigenvalue weighted by Crippen LogP contribution is 2.07. The van der Waals surface area contributed by atoms with Gasteiger partial charge in [-0.2, -0.15) is 0 Å². The molecule has 0 aromatic rings. The van der Waals surface area contributed by atoms with Gasteiger partial charge in [0.05, 0.1) is 6.42 Å². The summed E-state index contributed by atoms with van der Waals surface area (Å²) < 4.78 is 0. The number of nitrogens with one attached hydrogen (secondary N) is 1. The van der Waals surface area contributed by atoms with Crippen LogP contribution in [-0.2, 0) is 4.79 Å². The Hall–Kier alpha value is -0.570. The summed E-state index contributed by atoms with van der Waals surface area (Å²) in [4.78, 5) is 10.3. The molecule has 0 heterocycles. The fourth-order valence-corrected chi connectivity index (χ4v) is 0.904. The molecular weight excluding hydrogens is 142 g/mol. The third-order valence-corrected chi connectivity index (χ3v) is 1.45. The van der Waals surface area contributed by atoms with Gasteiger partial charge in [-0.1, -0.05) is 6.92 Å². The summed E-state index contributed by atoms with van der Waals surface area (Å²) in [5.74, 6) is -0.751. The van der Waals surface area contributed by atoms with E-state index in [0.29, 0.717) is 0 Å². The molecule has 0 saturated carbocycles. The second-order valence-corrected chi connectivity index (χ2v) is 3.38. The quantitative estimate of drug-likeness (QED) is 0.634. The van der Waals surface area contributed by atoms with E-state index in [1.165, 1.54) is 0 Å². The summed E-state index contributed by atoms with van der Waals surface area (Å²) in [6.45, 7) is 6.73. The molecule has 2 N–H and O–H groups in total. The number of carboxylic acids is 1. The Morgan fingerprint density at radius 1 is 1.55 bits per heavy atom. The van der Waals surface area contributed by atoms with Crippen molar-refractivity contribution in [2.75, 3.05) is 6.54 Å². The van der Waals surface area contributed by atoms with Crippen LogP contribution < -0.4 is 5.32 Å². The zero-order valence-electron chi connectivity index (χ0n) is 7.48. The van der Waals surface area contributed by atoms with Crippen molar-refractivity contribution in [2.24, 2.45) is 0 Å². The summed E-state index contributed by atoms with van der Waals surface area (Å²) in [5, 5.41) is 11.7. The lowest BCUT2D eigenvalue weighted by Gasteiger charge is -2.23. The van der Waals surface area contributed by atoms with Gasteiger partial charge < -0.3 is 10.4 Å². The molecule has 3 heteroatoms. The van der Waals surface area contributed by atoms with Crippen LogP contribution in [0.1, 0.15) is 33.6 Å². The van der Waals surface area contributed by atoms with Crippen molar-refractivity contribution in [3.8, 4) is 0 Å². The predicted octanol–water partition coefficient (Wildman–Crippen LogP) is 1.24. The minimum atomic E-state index is -0.751. The number of hydrogen-bond acceptors (Lipinski definition) is 2. The van der Waals surface area contributed by atoms with Gasteiger partial charge in [0.2, 0.25) is 0 Å². The highest BCUT2D eigenvalue weighted by molar-refractivity contribution is 5.68. The molecule has 0 atom stereocenters. The molecular formula is C8H17NO2. The Morgan fingerprint density at radius 2 is 2.09 bits per heavy atom. The highest BCUT2D eigenvalue weighted by Gasteiger charge is 2.19. The smallest absolute Gasteiger partial charge is 0.305 e. The molecule has 0 aliphatic carbocycles. The molecule has 0 unspecified atom stereocenters. The Bertz CT molecular complexity index is 132. The zero-order chi connectivity index (χ0) is 8.91. The zero-order valence-corrected chi connectivity index (χ0v) is 7.48. The normalized spacial score (nSPS) is 11.5. The van der Waals surface area contributed by atoms with Gasteiger partial charge in [0.1, 0.15) is 0 Å². The van der Waals surface area contributed by atoms with Crippen molar-refractivity contribution in [1.82, 2.24) is 5.32 Å². The van der Waals surface area contributed by atoms with Crippen LogP contribution in [0.3, 0.4) is 0 Å². The maximum atomic E-state index is 10.3. The Morgan fingerprint density at radius 3 is 2.45 bits per heavy atom. The molecule has 0 spiro atoms. The van der Waals surface area contributed by atoms with Crippen LogP contribution >= 0.6 is 0 Å². The van der Waals surface area contributed by atoms with Gasteiger partial charge in [-0.3, -0.25) is 4.79 Å². The summed E-state index contributed by atoms with van der Waals surface area (Å²) in [6, 6.07) is 0. The van der Waals surface area contributed by atoms with E-state index in [1.54, 1.807) is 0 Å². The fourth-order valence-electron chi connectivity index (χ4n) is 0.904. The molecule has 0 aliphatic rings. The number of carboxylic acid groups (broad SMARTS) is 1. The van der Waals surface area contributed by atoms with Gasteiger partial charge in [0.15, 0.2) is 0 Å². The molecule has 11 heavy (non-hydrogen) atoms. The van der Waals surface area contributed by atoms with E-state index in [4.69, 9.17) is 5.11 Å². The third kappa shape index (κ3) is 5.85. The van der Waals surface area contributed by atoms with Gasteiger partial charge in [-0.05, 0) is 26.8 Å². The van der Waals surface area contributed by atoms with Crippen LogP contribution in [0.15, 0.2) is 0 Å². The highest BCUT2D eigenvalue weighted by atomic mass is 16.4. The molecule has 0 amide bonds. The van der Waals surface area contributed by atoms with Crippen molar-refractivity contribution in [3.63, 3.8) is 0 Å². The molecule has 0 fully saturated rings. The van der Waals surface area contributed by atoms with Crippen LogP contribution in [0.4, 0.5) is 0 Å². The summed E-state index contributed by atoms with van der Waals surface area (Å²) in [5.41, 5.74) is -0.276. The number of carbonyl (C=O) groups is 1. The average molecular weight is 159 g/mol. The Labute approximate surface area is 67.8 Å². The van der Waals surface area contributed by atoms with Crippen LogP contribution in [0.2, 0.25) is 0 Å². The van der Waals surface area contributed by atoms with Crippen LogP contribution in [-0.4, -0.2) is 23.2 Å².